The average Bonchev–Trinajstić information content (AvgIpc) is 3.11. The summed E-state index contributed by atoms with van der Waals surface area (Å²) in [5, 5.41) is 18.2. The fourth-order valence-electron chi connectivity index (χ4n) is 2.85. The van der Waals surface area contributed by atoms with E-state index >= 15 is 0 Å². The zero-order chi connectivity index (χ0) is 18.1. The molecule has 2 aromatic heterocycles. The topological polar surface area (TPSA) is 77.8 Å². The van der Waals surface area contributed by atoms with Crippen molar-refractivity contribution in [2.24, 2.45) is 0 Å². The van der Waals surface area contributed by atoms with E-state index in [0.29, 0.717) is 28.2 Å². The van der Waals surface area contributed by atoms with Crippen LogP contribution in [0, 0.1) is 28.5 Å². The van der Waals surface area contributed by atoms with Crippen molar-refractivity contribution in [1.82, 2.24) is 14.4 Å². The molecule has 5 nitrogen and oxygen atoms in total. The molecule has 0 N–H and O–H groups in total. The summed E-state index contributed by atoms with van der Waals surface area (Å²) in [6.07, 6.45) is 3.33. The van der Waals surface area contributed by atoms with Crippen LogP contribution in [0.2, 0.25) is 0 Å². The third kappa shape index (κ3) is 2.47. The summed E-state index contributed by atoms with van der Waals surface area (Å²) in [6, 6.07) is 17.2. The van der Waals surface area contributed by atoms with Gasteiger partial charge in [0.2, 0.25) is 5.78 Å². The SMILES string of the molecule is N#Cc1ccn2c(-c3ccc(F)c(-c4ccccc4C#N)c3)cnc2n1. The number of hydrogen-bond donors (Lipinski definition) is 0. The largest absolute Gasteiger partial charge is 0.284 e. The van der Waals surface area contributed by atoms with Crippen molar-refractivity contribution in [3.8, 4) is 34.5 Å². The van der Waals surface area contributed by atoms with Crippen molar-refractivity contribution in [2.75, 3.05) is 0 Å². The van der Waals surface area contributed by atoms with Gasteiger partial charge >= 0.3 is 0 Å². The third-order valence-electron chi connectivity index (χ3n) is 4.09. The molecule has 0 saturated carbocycles. The fourth-order valence-corrected chi connectivity index (χ4v) is 2.85. The van der Waals surface area contributed by atoms with Gasteiger partial charge in [0.05, 0.1) is 23.5 Å². The van der Waals surface area contributed by atoms with Crippen LogP contribution < -0.4 is 0 Å². The Morgan fingerprint density at radius 3 is 2.62 bits per heavy atom. The first-order chi connectivity index (χ1) is 12.7. The summed E-state index contributed by atoms with van der Waals surface area (Å²) in [4.78, 5) is 8.36. The molecule has 4 aromatic rings. The second-order valence-corrected chi connectivity index (χ2v) is 5.59. The molecule has 0 fully saturated rings. The van der Waals surface area contributed by atoms with Crippen molar-refractivity contribution in [2.45, 2.75) is 0 Å². The normalized spacial score (nSPS) is 10.4. The molecule has 0 aliphatic heterocycles. The van der Waals surface area contributed by atoms with E-state index in [0.717, 1.165) is 5.56 Å². The second-order valence-electron chi connectivity index (χ2n) is 5.59. The Balaban J connectivity index is 1.90. The van der Waals surface area contributed by atoms with Gasteiger partial charge in [-0.15, -0.1) is 0 Å². The first-order valence-electron chi connectivity index (χ1n) is 7.75. The van der Waals surface area contributed by atoms with Gasteiger partial charge in [0.1, 0.15) is 17.6 Å². The summed E-state index contributed by atoms with van der Waals surface area (Å²) in [6.45, 7) is 0. The monoisotopic (exact) mass is 339 g/mol. The molecule has 4 rings (SSSR count). The number of nitrogens with zero attached hydrogens (tertiary/aromatic N) is 5. The molecule has 122 valence electrons. The molecule has 2 aromatic carbocycles. The zero-order valence-corrected chi connectivity index (χ0v) is 13.4. The van der Waals surface area contributed by atoms with E-state index in [-0.39, 0.29) is 5.69 Å². The van der Waals surface area contributed by atoms with Crippen LogP contribution in [0.25, 0.3) is 28.2 Å². The number of benzene rings is 2. The molecule has 0 unspecified atom stereocenters. The first kappa shape index (κ1) is 15.5. The van der Waals surface area contributed by atoms with Crippen molar-refractivity contribution in [1.29, 1.82) is 10.5 Å². The lowest BCUT2D eigenvalue weighted by atomic mass is 9.97. The predicted molar refractivity (Wildman–Crippen MR) is 93.2 cm³/mol. The molecule has 0 atom stereocenters. The van der Waals surface area contributed by atoms with Gasteiger partial charge in [-0.05, 0) is 30.3 Å². The van der Waals surface area contributed by atoms with Crippen LogP contribution in [-0.2, 0) is 0 Å². The molecule has 6 heteroatoms. The number of rotatable bonds is 2. The van der Waals surface area contributed by atoms with E-state index in [4.69, 9.17) is 5.26 Å². The van der Waals surface area contributed by atoms with E-state index in [1.165, 1.54) is 6.07 Å². The molecule has 26 heavy (non-hydrogen) atoms. The smallest absolute Gasteiger partial charge is 0.235 e. The van der Waals surface area contributed by atoms with E-state index < -0.39 is 5.82 Å². The maximum absolute atomic E-state index is 14.4. The van der Waals surface area contributed by atoms with Crippen molar-refractivity contribution < 1.29 is 4.39 Å². The van der Waals surface area contributed by atoms with Crippen molar-refractivity contribution in [3.63, 3.8) is 0 Å². The first-order valence-corrected chi connectivity index (χ1v) is 7.75. The highest BCUT2D eigenvalue weighted by atomic mass is 19.1. The third-order valence-corrected chi connectivity index (χ3v) is 4.09. The van der Waals surface area contributed by atoms with Gasteiger partial charge in [-0.3, -0.25) is 4.40 Å². The number of imidazole rings is 1. The van der Waals surface area contributed by atoms with Crippen LogP contribution >= 0.6 is 0 Å². The van der Waals surface area contributed by atoms with Crippen LogP contribution in [0.15, 0.2) is 60.9 Å². The minimum absolute atomic E-state index is 0.275. The van der Waals surface area contributed by atoms with Crippen molar-refractivity contribution >= 4 is 5.78 Å². The van der Waals surface area contributed by atoms with Gasteiger partial charge in [0, 0.05) is 22.9 Å². The van der Waals surface area contributed by atoms with Crippen LogP contribution in [0.1, 0.15) is 11.3 Å². The second kappa shape index (κ2) is 6.12. The summed E-state index contributed by atoms with van der Waals surface area (Å²) in [5.74, 6) is -0.0162. The van der Waals surface area contributed by atoms with Crippen molar-refractivity contribution in [3.05, 3.63) is 78.0 Å². The Kier molecular flexibility index (Phi) is 3.65. The molecular weight excluding hydrogens is 329 g/mol. The maximum atomic E-state index is 14.4. The Bertz CT molecular complexity index is 1230. The maximum Gasteiger partial charge on any atom is 0.235 e. The molecule has 0 amide bonds. The lowest BCUT2D eigenvalue weighted by Crippen LogP contribution is -1.94. The van der Waals surface area contributed by atoms with Gasteiger partial charge < -0.3 is 0 Å². The molecule has 0 aliphatic carbocycles. The Morgan fingerprint density at radius 1 is 0.962 bits per heavy atom. The quantitative estimate of drug-likeness (QED) is 0.554. The molecule has 0 saturated heterocycles. The highest BCUT2D eigenvalue weighted by Crippen LogP contribution is 2.31. The molecule has 0 radical (unpaired) electrons. The summed E-state index contributed by atoms with van der Waals surface area (Å²) < 4.78 is 16.2. The van der Waals surface area contributed by atoms with Crippen LogP contribution in [0.3, 0.4) is 0 Å². The van der Waals surface area contributed by atoms with Gasteiger partial charge in [0.25, 0.3) is 0 Å². The van der Waals surface area contributed by atoms with Crippen LogP contribution in [0.4, 0.5) is 4.39 Å². The number of fused-ring (bicyclic) bond motifs is 1. The van der Waals surface area contributed by atoms with E-state index in [2.05, 4.69) is 16.0 Å². The lowest BCUT2D eigenvalue weighted by Gasteiger charge is -2.09. The predicted octanol–water partition coefficient (Wildman–Crippen LogP) is 3.95. The minimum atomic E-state index is -0.407. The van der Waals surface area contributed by atoms with Crippen LogP contribution in [-0.4, -0.2) is 14.4 Å². The standard InChI is InChI=1S/C20H10FN5/c21-18-6-5-13(9-17(18)16-4-2-1-3-14(16)10-22)19-12-24-20-25-15(11-23)7-8-26(19)20/h1-9,12H. The summed E-state index contributed by atoms with van der Waals surface area (Å²) in [5.41, 5.74) is 3.00. The zero-order valence-electron chi connectivity index (χ0n) is 13.4. The fraction of sp³-hybridized carbons (Fsp3) is 0. The average molecular weight is 339 g/mol. The number of hydrogen-bond acceptors (Lipinski definition) is 4. The van der Waals surface area contributed by atoms with Crippen LogP contribution in [0.5, 0.6) is 0 Å². The molecule has 2 heterocycles. The molecule has 0 spiro atoms. The summed E-state index contributed by atoms with van der Waals surface area (Å²) >= 11 is 0. The van der Waals surface area contributed by atoms with E-state index in [9.17, 15) is 9.65 Å². The van der Waals surface area contributed by atoms with Gasteiger partial charge in [0.15, 0.2) is 0 Å². The Hall–Kier alpha value is -4.03. The molecule has 0 aliphatic rings. The van der Waals surface area contributed by atoms with E-state index in [1.54, 1.807) is 59.3 Å². The van der Waals surface area contributed by atoms with Gasteiger partial charge in [-0.1, -0.05) is 18.2 Å². The van der Waals surface area contributed by atoms with Gasteiger partial charge in [-0.25, -0.2) is 14.4 Å². The lowest BCUT2D eigenvalue weighted by molar-refractivity contribution is 0.631. The molecule has 0 bridgehead atoms. The number of halogens is 1. The molecular formula is C20H10FN5. The Labute approximate surface area is 148 Å². The minimum Gasteiger partial charge on any atom is -0.284 e. The highest BCUT2D eigenvalue weighted by molar-refractivity contribution is 5.76. The number of aromatic nitrogens is 3. The summed E-state index contributed by atoms with van der Waals surface area (Å²) in [7, 11) is 0. The Morgan fingerprint density at radius 2 is 1.81 bits per heavy atom. The van der Waals surface area contributed by atoms with Gasteiger partial charge in [-0.2, -0.15) is 10.5 Å². The highest BCUT2D eigenvalue weighted by Gasteiger charge is 2.13. The van der Waals surface area contributed by atoms with E-state index in [1.807, 2.05) is 6.07 Å². The number of nitriles is 2.